The van der Waals surface area contributed by atoms with Crippen LogP contribution in [0, 0.1) is 0 Å². The van der Waals surface area contributed by atoms with Crippen LogP contribution < -0.4 is 15.8 Å². The third-order valence-electron chi connectivity index (χ3n) is 5.59. The van der Waals surface area contributed by atoms with Gasteiger partial charge in [0.2, 0.25) is 0 Å². The molecule has 0 aliphatic rings. The second-order valence-corrected chi connectivity index (χ2v) is 7.99. The van der Waals surface area contributed by atoms with E-state index in [2.05, 4.69) is 27.4 Å². The van der Waals surface area contributed by atoms with Crippen LogP contribution in [0.5, 0.6) is 11.5 Å². The molecule has 0 aliphatic heterocycles. The third kappa shape index (κ3) is 4.98. The summed E-state index contributed by atoms with van der Waals surface area (Å²) in [6.07, 6.45) is 1.46. The topological polar surface area (TPSA) is 100 Å². The van der Waals surface area contributed by atoms with E-state index in [4.69, 9.17) is 20.3 Å². The number of ether oxygens (including phenoxy) is 2. The molecule has 0 radical (unpaired) electrons. The molecule has 3 N–H and O–H groups in total. The molecule has 5 aromatic rings. The number of methoxy groups -OCH3 is 1. The van der Waals surface area contributed by atoms with Gasteiger partial charge in [0.15, 0.2) is 5.65 Å². The Balaban J connectivity index is 1.44. The standard InChI is InChI=1S/C27H26N6O2/c1-34-16-15-29-17-19-7-11-21(12-8-19)33-27-24(26(28)30-18-31-27)25(32-33)20-9-13-23(14-10-20)35-22-5-3-2-4-6-22/h2-14,18,29H,15-17H2,1H3,(H2,28,30,31). The summed E-state index contributed by atoms with van der Waals surface area (Å²) in [7, 11) is 1.70. The van der Waals surface area contributed by atoms with Gasteiger partial charge in [0.05, 0.1) is 17.7 Å². The lowest BCUT2D eigenvalue weighted by molar-refractivity contribution is 0.199. The summed E-state index contributed by atoms with van der Waals surface area (Å²) >= 11 is 0. The van der Waals surface area contributed by atoms with Crippen LogP contribution in [-0.2, 0) is 11.3 Å². The highest BCUT2D eigenvalue weighted by Gasteiger charge is 2.18. The molecule has 8 nitrogen and oxygen atoms in total. The maximum atomic E-state index is 6.27. The van der Waals surface area contributed by atoms with Crippen LogP contribution >= 0.6 is 0 Å². The minimum absolute atomic E-state index is 0.389. The van der Waals surface area contributed by atoms with Crippen molar-refractivity contribution in [2.45, 2.75) is 6.54 Å². The van der Waals surface area contributed by atoms with Gasteiger partial charge in [-0.2, -0.15) is 5.10 Å². The van der Waals surface area contributed by atoms with Gasteiger partial charge < -0.3 is 20.5 Å². The predicted molar refractivity (Wildman–Crippen MR) is 137 cm³/mol. The van der Waals surface area contributed by atoms with E-state index in [1.807, 2.05) is 66.7 Å². The van der Waals surface area contributed by atoms with Crippen LogP contribution in [0.4, 0.5) is 5.82 Å². The van der Waals surface area contributed by atoms with E-state index >= 15 is 0 Å². The van der Waals surface area contributed by atoms with Gasteiger partial charge in [-0.25, -0.2) is 14.6 Å². The van der Waals surface area contributed by atoms with E-state index < -0.39 is 0 Å². The fourth-order valence-corrected chi connectivity index (χ4v) is 3.82. The molecule has 2 heterocycles. The number of nitrogens with two attached hydrogens (primary N) is 1. The smallest absolute Gasteiger partial charge is 0.169 e. The number of nitrogens with one attached hydrogen (secondary N) is 1. The van der Waals surface area contributed by atoms with E-state index in [0.29, 0.717) is 18.1 Å². The highest BCUT2D eigenvalue weighted by atomic mass is 16.5. The average Bonchev–Trinajstić information content (AvgIpc) is 3.29. The van der Waals surface area contributed by atoms with Crippen molar-refractivity contribution < 1.29 is 9.47 Å². The van der Waals surface area contributed by atoms with Crippen LogP contribution in [0.2, 0.25) is 0 Å². The number of anilines is 1. The molecule has 35 heavy (non-hydrogen) atoms. The minimum Gasteiger partial charge on any atom is -0.457 e. The summed E-state index contributed by atoms with van der Waals surface area (Å²) < 4.78 is 12.8. The van der Waals surface area contributed by atoms with Gasteiger partial charge in [0.25, 0.3) is 0 Å². The first-order valence-corrected chi connectivity index (χ1v) is 11.3. The number of benzene rings is 3. The first-order valence-electron chi connectivity index (χ1n) is 11.3. The Labute approximate surface area is 203 Å². The number of fused-ring (bicyclic) bond motifs is 1. The Kier molecular flexibility index (Phi) is 6.65. The summed E-state index contributed by atoms with van der Waals surface area (Å²) in [5.74, 6) is 1.91. The Hall–Kier alpha value is -4.27. The molecule has 0 spiro atoms. The van der Waals surface area contributed by atoms with Crippen LogP contribution in [0.25, 0.3) is 28.0 Å². The van der Waals surface area contributed by atoms with Gasteiger partial charge in [0.1, 0.15) is 29.3 Å². The van der Waals surface area contributed by atoms with Crippen molar-refractivity contribution in [2.75, 3.05) is 26.0 Å². The maximum absolute atomic E-state index is 6.27. The highest BCUT2D eigenvalue weighted by Crippen LogP contribution is 2.33. The number of rotatable bonds is 9. The molecule has 3 aromatic carbocycles. The summed E-state index contributed by atoms with van der Waals surface area (Å²) in [5.41, 5.74) is 10.6. The van der Waals surface area contributed by atoms with Crippen molar-refractivity contribution in [3.05, 3.63) is 90.8 Å². The highest BCUT2D eigenvalue weighted by molar-refractivity contribution is 5.98. The molecular formula is C27H26N6O2. The van der Waals surface area contributed by atoms with E-state index in [1.54, 1.807) is 11.8 Å². The van der Waals surface area contributed by atoms with Crippen LogP contribution in [0.1, 0.15) is 5.56 Å². The molecule has 8 heteroatoms. The monoisotopic (exact) mass is 466 g/mol. The number of hydrogen-bond acceptors (Lipinski definition) is 7. The summed E-state index contributed by atoms with van der Waals surface area (Å²) in [4.78, 5) is 8.70. The van der Waals surface area contributed by atoms with Crippen molar-refractivity contribution in [3.63, 3.8) is 0 Å². The predicted octanol–water partition coefficient (Wildman–Crippen LogP) is 4.59. The van der Waals surface area contributed by atoms with Crippen molar-refractivity contribution in [1.82, 2.24) is 25.1 Å². The van der Waals surface area contributed by atoms with E-state index in [1.165, 1.54) is 11.9 Å². The molecule has 0 bridgehead atoms. The van der Waals surface area contributed by atoms with E-state index in [-0.39, 0.29) is 0 Å². The zero-order valence-corrected chi connectivity index (χ0v) is 19.4. The summed E-state index contributed by atoms with van der Waals surface area (Å²) in [6, 6.07) is 25.6. The summed E-state index contributed by atoms with van der Waals surface area (Å²) in [6.45, 7) is 2.25. The number of nitrogens with zero attached hydrogens (tertiary/aromatic N) is 4. The van der Waals surface area contributed by atoms with Crippen molar-refractivity contribution in [3.8, 4) is 28.4 Å². The van der Waals surface area contributed by atoms with Gasteiger partial charge in [-0.1, -0.05) is 30.3 Å². The fourth-order valence-electron chi connectivity index (χ4n) is 3.82. The second kappa shape index (κ2) is 10.3. The molecule has 0 atom stereocenters. The Morgan fingerprint density at radius 1 is 0.886 bits per heavy atom. The van der Waals surface area contributed by atoms with Gasteiger partial charge in [-0.3, -0.25) is 0 Å². The maximum Gasteiger partial charge on any atom is 0.169 e. The molecule has 0 amide bonds. The van der Waals surface area contributed by atoms with Gasteiger partial charge >= 0.3 is 0 Å². The SMILES string of the molecule is COCCNCc1ccc(-n2nc(-c3ccc(Oc4ccccc4)cc3)c3c(N)ncnc32)cc1. The van der Waals surface area contributed by atoms with Gasteiger partial charge in [-0.05, 0) is 54.1 Å². The molecule has 0 saturated heterocycles. The van der Waals surface area contributed by atoms with E-state index in [9.17, 15) is 0 Å². The Morgan fingerprint density at radius 3 is 2.37 bits per heavy atom. The lowest BCUT2D eigenvalue weighted by Crippen LogP contribution is -2.18. The number of nitrogen functional groups attached to an aromatic ring is 1. The Bertz CT molecular complexity index is 1400. The first kappa shape index (κ1) is 22.5. The molecule has 0 fully saturated rings. The normalized spacial score (nSPS) is 11.1. The largest absolute Gasteiger partial charge is 0.457 e. The van der Waals surface area contributed by atoms with Crippen LogP contribution in [-0.4, -0.2) is 40.0 Å². The molecule has 0 unspecified atom stereocenters. The molecule has 5 rings (SSSR count). The zero-order valence-electron chi connectivity index (χ0n) is 19.4. The Morgan fingerprint density at radius 2 is 1.63 bits per heavy atom. The number of hydrogen-bond donors (Lipinski definition) is 2. The summed E-state index contributed by atoms with van der Waals surface area (Å²) in [5, 5.41) is 8.95. The average molecular weight is 467 g/mol. The zero-order chi connectivity index (χ0) is 24.0. The minimum atomic E-state index is 0.389. The van der Waals surface area contributed by atoms with Crippen molar-refractivity contribution in [1.29, 1.82) is 0 Å². The molecule has 0 aliphatic carbocycles. The lowest BCUT2D eigenvalue weighted by Gasteiger charge is -2.07. The fraction of sp³-hybridized carbons (Fsp3) is 0.148. The number of para-hydroxylation sites is 1. The third-order valence-corrected chi connectivity index (χ3v) is 5.59. The second-order valence-electron chi connectivity index (χ2n) is 7.99. The van der Waals surface area contributed by atoms with Gasteiger partial charge in [0, 0.05) is 25.8 Å². The van der Waals surface area contributed by atoms with Crippen LogP contribution in [0.15, 0.2) is 85.2 Å². The lowest BCUT2D eigenvalue weighted by atomic mass is 10.1. The van der Waals surface area contributed by atoms with E-state index in [0.717, 1.165) is 46.9 Å². The molecular weight excluding hydrogens is 440 g/mol. The quantitative estimate of drug-likeness (QED) is 0.306. The molecule has 2 aromatic heterocycles. The van der Waals surface area contributed by atoms with Crippen molar-refractivity contribution >= 4 is 16.9 Å². The first-order chi connectivity index (χ1) is 17.2. The number of aromatic nitrogens is 4. The molecule has 176 valence electrons. The van der Waals surface area contributed by atoms with Gasteiger partial charge in [-0.15, -0.1) is 0 Å². The van der Waals surface area contributed by atoms with Crippen molar-refractivity contribution in [2.24, 2.45) is 0 Å². The van der Waals surface area contributed by atoms with Crippen LogP contribution in [0.3, 0.4) is 0 Å². The molecule has 0 saturated carbocycles.